The zero-order valence-electron chi connectivity index (χ0n) is 12.1. The molecular weight excluding hydrogens is 338 g/mol. The van der Waals surface area contributed by atoms with Crippen LogP contribution in [0.3, 0.4) is 0 Å². The summed E-state index contributed by atoms with van der Waals surface area (Å²) in [6.45, 7) is 0. The largest absolute Gasteiger partial charge is 0.401 e. The van der Waals surface area contributed by atoms with E-state index in [-0.39, 0.29) is 23.6 Å². The molecule has 1 aromatic carbocycles. The summed E-state index contributed by atoms with van der Waals surface area (Å²) in [4.78, 5) is 12.8. The van der Waals surface area contributed by atoms with Crippen molar-refractivity contribution in [1.82, 2.24) is 20.0 Å². The Morgan fingerprint density at radius 2 is 2.09 bits per heavy atom. The van der Waals surface area contributed by atoms with Gasteiger partial charge < -0.3 is 4.42 Å². The fourth-order valence-electron chi connectivity index (χ4n) is 1.74. The van der Waals surface area contributed by atoms with Crippen LogP contribution in [0.4, 0.5) is 6.01 Å². The molecule has 118 valence electrons. The van der Waals surface area contributed by atoms with E-state index in [1.54, 1.807) is 36.1 Å². The normalized spacial score (nSPS) is 10.7. The molecule has 2 aromatic heterocycles. The van der Waals surface area contributed by atoms with Crippen molar-refractivity contribution >= 4 is 35.3 Å². The summed E-state index contributed by atoms with van der Waals surface area (Å²) < 4.78 is 6.99. The molecule has 0 aliphatic heterocycles. The monoisotopic (exact) mass is 349 g/mol. The van der Waals surface area contributed by atoms with Crippen LogP contribution in [0.5, 0.6) is 0 Å². The van der Waals surface area contributed by atoms with Gasteiger partial charge in [-0.15, -0.1) is 16.9 Å². The number of carbonyl (C=O) groups excluding carboxylic acids is 1. The van der Waals surface area contributed by atoms with E-state index in [1.165, 1.54) is 11.8 Å². The lowest BCUT2D eigenvalue weighted by atomic mass is 10.4. The maximum absolute atomic E-state index is 11.9. The number of halogens is 1. The van der Waals surface area contributed by atoms with Crippen LogP contribution in [0, 0.1) is 0 Å². The van der Waals surface area contributed by atoms with Crippen molar-refractivity contribution in [3.63, 3.8) is 0 Å². The molecule has 0 unspecified atom stereocenters. The van der Waals surface area contributed by atoms with Crippen molar-refractivity contribution in [1.29, 1.82) is 0 Å². The van der Waals surface area contributed by atoms with Crippen molar-refractivity contribution in [3.8, 4) is 11.6 Å². The highest BCUT2D eigenvalue weighted by atomic mass is 35.5. The average molecular weight is 350 g/mol. The Labute approximate surface area is 141 Å². The molecule has 0 saturated carbocycles. The quantitative estimate of drug-likeness (QED) is 0.713. The minimum atomic E-state index is -0.235. The minimum absolute atomic E-state index is 0.0485. The van der Waals surface area contributed by atoms with E-state index >= 15 is 0 Å². The van der Waals surface area contributed by atoms with Gasteiger partial charge in [0.15, 0.2) is 0 Å². The van der Waals surface area contributed by atoms with Crippen LogP contribution in [-0.2, 0) is 11.8 Å². The van der Waals surface area contributed by atoms with Crippen molar-refractivity contribution < 1.29 is 9.21 Å². The third kappa shape index (κ3) is 4.11. The summed E-state index contributed by atoms with van der Waals surface area (Å²) in [6, 6.07) is 9.05. The molecule has 0 aliphatic carbocycles. The van der Waals surface area contributed by atoms with Gasteiger partial charge in [0.05, 0.1) is 5.75 Å². The zero-order chi connectivity index (χ0) is 16.2. The fourth-order valence-corrected chi connectivity index (χ4v) is 2.57. The fraction of sp³-hybridized carbons (Fsp3) is 0.143. The van der Waals surface area contributed by atoms with Crippen molar-refractivity contribution in [3.05, 3.63) is 41.6 Å². The second-order valence-corrected chi connectivity index (χ2v) is 6.06. The maximum Gasteiger partial charge on any atom is 0.322 e. The first kappa shape index (κ1) is 15.6. The molecule has 0 fully saturated rings. The Balaban J connectivity index is 1.56. The molecule has 0 bridgehead atoms. The molecule has 1 amide bonds. The number of anilines is 1. The molecule has 0 spiro atoms. The molecule has 9 heteroatoms. The number of aromatic nitrogens is 4. The van der Waals surface area contributed by atoms with Gasteiger partial charge in [-0.1, -0.05) is 16.7 Å². The molecule has 2 heterocycles. The van der Waals surface area contributed by atoms with Gasteiger partial charge in [-0.2, -0.15) is 5.10 Å². The number of hydrogen-bond acceptors (Lipinski definition) is 6. The van der Waals surface area contributed by atoms with Crippen LogP contribution < -0.4 is 5.32 Å². The van der Waals surface area contributed by atoms with E-state index in [4.69, 9.17) is 16.0 Å². The van der Waals surface area contributed by atoms with Gasteiger partial charge in [0, 0.05) is 23.2 Å². The molecular formula is C14H12ClN5O2S. The summed E-state index contributed by atoms with van der Waals surface area (Å²) in [7, 11) is 1.79. The Hall–Kier alpha value is -2.32. The molecule has 3 rings (SSSR count). The number of carbonyl (C=O) groups is 1. The second kappa shape index (κ2) is 6.84. The minimum Gasteiger partial charge on any atom is -0.401 e. The number of hydrogen-bond donors (Lipinski definition) is 1. The number of rotatable bonds is 5. The second-order valence-electron chi connectivity index (χ2n) is 4.58. The summed E-state index contributed by atoms with van der Waals surface area (Å²) in [5.74, 6) is 0.246. The topological polar surface area (TPSA) is 85.8 Å². The van der Waals surface area contributed by atoms with E-state index in [1.807, 2.05) is 12.1 Å². The predicted octanol–water partition coefficient (Wildman–Crippen LogP) is 2.85. The van der Waals surface area contributed by atoms with Crippen LogP contribution in [0.25, 0.3) is 11.6 Å². The SMILES string of the molecule is Cn1ccc(-c2nnc(NC(=O)CSc3ccc(Cl)cc3)o2)n1. The Morgan fingerprint density at radius 3 is 2.78 bits per heavy atom. The van der Waals surface area contributed by atoms with Gasteiger partial charge in [-0.05, 0) is 30.3 Å². The van der Waals surface area contributed by atoms with E-state index in [0.717, 1.165) is 4.90 Å². The summed E-state index contributed by atoms with van der Waals surface area (Å²) in [5, 5.41) is 15.0. The van der Waals surface area contributed by atoms with Crippen LogP contribution in [0.2, 0.25) is 5.02 Å². The lowest BCUT2D eigenvalue weighted by Gasteiger charge is -2.01. The van der Waals surface area contributed by atoms with E-state index in [9.17, 15) is 4.79 Å². The lowest BCUT2D eigenvalue weighted by molar-refractivity contribution is -0.113. The molecule has 1 N–H and O–H groups in total. The highest BCUT2D eigenvalue weighted by Crippen LogP contribution is 2.21. The standard InChI is InChI=1S/C14H12ClN5O2S/c1-20-7-6-11(19-20)13-17-18-14(22-13)16-12(21)8-23-10-4-2-9(15)3-5-10/h2-7H,8H2,1H3,(H,16,18,21). The van der Waals surface area contributed by atoms with Gasteiger partial charge in [-0.3, -0.25) is 14.8 Å². The number of thioether (sulfide) groups is 1. The Morgan fingerprint density at radius 1 is 1.30 bits per heavy atom. The first-order chi connectivity index (χ1) is 11.1. The molecule has 7 nitrogen and oxygen atoms in total. The first-order valence-corrected chi connectivity index (χ1v) is 7.98. The van der Waals surface area contributed by atoms with E-state index in [0.29, 0.717) is 10.7 Å². The van der Waals surface area contributed by atoms with E-state index in [2.05, 4.69) is 20.6 Å². The van der Waals surface area contributed by atoms with Crippen LogP contribution in [0.1, 0.15) is 0 Å². The number of nitrogens with zero attached hydrogens (tertiary/aromatic N) is 4. The van der Waals surface area contributed by atoms with Gasteiger partial charge in [0.25, 0.3) is 5.89 Å². The van der Waals surface area contributed by atoms with E-state index < -0.39 is 0 Å². The number of nitrogens with one attached hydrogen (secondary N) is 1. The molecule has 3 aromatic rings. The molecule has 0 atom stereocenters. The molecule has 23 heavy (non-hydrogen) atoms. The van der Waals surface area contributed by atoms with Gasteiger partial charge in [0.1, 0.15) is 5.69 Å². The summed E-state index contributed by atoms with van der Waals surface area (Å²) in [6.07, 6.45) is 1.76. The number of amides is 1. The average Bonchev–Trinajstić information content (AvgIpc) is 3.16. The van der Waals surface area contributed by atoms with Crippen molar-refractivity contribution in [2.45, 2.75) is 4.90 Å². The van der Waals surface area contributed by atoms with Gasteiger partial charge in [0.2, 0.25) is 5.91 Å². The number of benzene rings is 1. The van der Waals surface area contributed by atoms with Crippen LogP contribution in [0.15, 0.2) is 45.8 Å². The maximum atomic E-state index is 11.9. The third-order valence-electron chi connectivity index (χ3n) is 2.79. The Bertz CT molecular complexity index is 815. The highest BCUT2D eigenvalue weighted by molar-refractivity contribution is 8.00. The summed E-state index contributed by atoms with van der Waals surface area (Å²) in [5.41, 5.74) is 0.552. The summed E-state index contributed by atoms with van der Waals surface area (Å²) >= 11 is 7.20. The molecule has 0 aliphatic rings. The van der Waals surface area contributed by atoms with Crippen LogP contribution in [-0.4, -0.2) is 31.6 Å². The third-order valence-corrected chi connectivity index (χ3v) is 4.05. The first-order valence-electron chi connectivity index (χ1n) is 6.62. The van der Waals surface area contributed by atoms with Gasteiger partial charge >= 0.3 is 6.01 Å². The van der Waals surface area contributed by atoms with Crippen LogP contribution >= 0.6 is 23.4 Å². The van der Waals surface area contributed by atoms with Crippen molar-refractivity contribution in [2.75, 3.05) is 11.1 Å². The highest BCUT2D eigenvalue weighted by Gasteiger charge is 2.13. The predicted molar refractivity (Wildman–Crippen MR) is 87.3 cm³/mol. The molecule has 0 radical (unpaired) electrons. The smallest absolute Gasteiger partial charge is 0.322 e. The Kier molecular flexibility index (Phi) is 4.63. The zero-order valence-corrected chi connectivity index (χ0v) is 13.6. The van der Waals surface area contributed by atoms with Crippen molar-refractivity contribution in [2.24, 2.45) is 7.05 Å². The number of aryl methyl sites for hydroxylation is 1. The van der Waals surface area contributed by atoms with Gasteiger partial charge in [-0.25, -0.2) is 0 Å². The lowest BCUT2D eigenvalue weighted by Crippen LogP contribution is -2.14. The molecule has 0 saturated heterocycles.